The van der Waals surface area contributed by atoms with Crippen molar-refractivity contribution in [3.05, 3.63) is 0 Å². The lowest BCUT2D eigenvalue weighted by atomic mass is 9.85. The van der Waals surface area contributed by atoms with E-state index < -0.39 is 0 Å². The highest BCUT2D eigenvalue weighted by Gasteiger charge is 2.29. The minimum Gasteiger partial charge on any atom is -0.382 e. The van der Waals surface area contributed by atoms with Gasteiger partial charge in [0.15, 0.2) is 0 Å². The van der Waals surface area contributed by atoms with E-state index >= 15 is 0 Å². The van der Waals surface area contributed by atoms with Crippen LogP contribution in [0.25, 0.3) is 0 Å². The summed E-state index contributed by atoms with van der Waals surface area (Å²) in [5, 5.41) is 3.60. The van der Waals surface area contributed by atoms with Gasteiger partial charge in [-0.2, -0.15) is 0 Å². The minimum atomic E-state index is 0.179. The number of ether oxygens (including phenoxy) is 2. The molecule has 0 aromatic carbocycles. The molecular weight excluding hydrogens is 216 g/mol. The topological polar surface area (TPSA) is 33.7 Å². The first-order valence-electron chi connectivity index (χ1n) is 6.45. The molecule has 4 nitrogen and oxygen atoms in total. The van der Waals surface area contributed by atoms with Gasteiger partial charge < -0.3 is 14.8 Å². The van der Waals surface area contributed by atoms with Gasteiger partial charge in [0.25, 0.3) is 0 Å². The first-order chi connectivity index (χ1) is 7.97. The van der Waals surface area contributed by atoms with E-state index in [1.54, 1.807) is 14.2 Å². The molecule has 17 heavy (non-hydrogen) atoms. The van der Waals surface area contributed by atoms with Crippen molar-refractivity contribution in [2.24, 2.45) is 5.41 Å². The van der Waals surface area contributed by atoms with Crippen molar-refractivity contribution in [3.8, 4) is 0 Å². The van der Waals surface area contributed by atoms with Crippen LogP contribution in [0, 0.1) is 5.41 Å². The predicted octanol–water partition coefficient (Wildman–Crippen LogP) is 0.968. The van der Waals surface area contributed by atoms with Gasteiger partial charge in [0.1, 0.15) is 0 Å². The summed E-state index contributed by atoms with van der Waals surface area (Å²) in [6.45, 7) is 11.7. The molecule has 1 aliphatic rings. The van der Waals surface area contributed by atoms with Crippen LogP contribution in [0.1, 0.15) is 20.8 Å². The number of rotatable bonds is 5. The molecule has 1 aliphatic heterocycles. The number of piperazine rings is 1. The molecule has 1 fully saturated rings. The fourth-order valence-corrected chi connectivity index (χ4v) is 2.23. The van der Waals surface area contributed by atoms with Crippen LogP contribution < -0.4 is 5.32 Å². The van der Waals surface area contributed by atoms with E-state index in [9.17, 15) is 0 Å². The maximum Gasteiger partial charge on any atom is 0.0931 e. The average Bonchev–Trinajstić information content (AvgIpc) is 2.28. The zero-order valence-electron chi connectivity index (χ0n) is 12.0. The number of nitrogens with one attached hydrogen (secondary N) is 1. The van der Waals surface area contributed by atoms with Crippen LogP contribution in [0.3, 0.4) is 0 Å². The second-order valence-corrected chi connectivity index (χ2v) is 5.95. The zero-order chi connectivity index (χ0) is 12.9. The molecule has 1 rings (SSSR count). The Morgan fingerprint density at radius 3 is 2.59 bits per heavy atom. The van der Waals surface area contributed by atoms with Crippen LogP contribution in [-0.2, 0) is 9.47 Å². The maximum atomic E-state index is 5.43. The minimum absolute atomic E-state index is 0.179. The quantitative estimate of drug-likeness (QED) is 0.781. The van der Waals surface area contributed by atoms with Crippen molar-refractivity contribution in [2.45, 2.75) is 32.9 Å². The first kappa shape index (κ1) is 14.9. The van der Waals surface area contributed by atoms with Gasteiger partial charge in [-0.05, 0) is 5.41 Å². The van der Waals surface area contributed by atoms with Crippen LogP contribution in [0.5, 0.6) is 0 Å². The number of hydrogen-bond acceptors (Lipinski definition) is 4. The van der Waals surface area contributed by atoms with Gasteiger partial charge in [-0.15, -0.1) is 0 Å². The SMILES string of the molecule is COCC(CN1CCNC(C(C)(C)C)C1)OC. The van der Waals surface area contributed by atoms with Gasteiger partial charge in [-0.3, -0.25) is 4.90 Å². The summed E-state index contributed by atoms with van der Waals surface area (Å²) in [6, 6.07) is 0.552. The molecule has 2 unspecified atom stereocenters. The molecule has 0 radical (unpaired) electrons. The van der Waals surface area contributed by atoms with Gasteiger partial charge in [-0.1, -0.05) is 20.8 Å². The van der Waals surface area contributed by atoms with E-state index in [-0.39, 0.29) is 6.10 Å². The second kappa shape index (κ2) is 6.69. The van der Waals surface area contributed by atoms with E-state index in [1.165, 1.54) is 0 Å². The molecule has 1 N–H and O–H groups in total. The lowest BCUT2D eigenvalue weighted by Crippen LogP contribution is -2.57. The Hall–Kier alpha value is -0.160. The molecular formula is C13H28N2O2. The van der Waals surface area contributed by atoms with Crippen molar-refractivity contribution in [1.82, 2.24) is 10.2 Å². The van der Waals surface area contributed by atoms with E-state index in [0.717, 1.165) is 26.2 Å². The lowest BCUT2D eigenvalue weighted by molar-refractivity contribution is -0.00315. The lowest BCUT2D eigenvalue weighted by Gasteiger charge is -2.41. The van der Waals surface area contributed by atoms with Gasteiger partial charge in [0.2, 0.25) is 0 Å². The molecule has 0 spiro atoms. The molecule has 1 heterocycles. The molecule has 0 aromatic rings. The summed E-state index contributed by atoms with van der Waals surface area (Å²) in [6.07, 6.45) is 0.179. The van der Waals surface area contributed by atoms with Crippen LogP contribution in [0.15, 0.2) is 0 Å². The highest BCUT2D eigenvalue weighted by atomic mass is 16.5. The monoisotopic (exact) mass is 244 g/mol. The second-order valence-electron chi connectivity index (χ2n) is 5.95. The largest absolute Gasteiger partial charge is 0.382 e. The highest BCUT2D eigenvalue weighted by molar-refractivity contribution is 4.87. The molecule has 0 aromatic heterocycles. The van der Waals surface area contributed by atoms with Crippen molar-refractivity contribution in [2.75, 3.05) is 47.0 Å². The van der Waals surface area contributed by atoms with Crippen LogP contribution in [-0.4, -0.2) is 64.1 Å². The fourth-order valence-electron chi connectivity index (χ4n) is 2.23. The Bertz CT molecular complexity index is 216. The smallest absolute Gasteiger partial charge is 0.0931 e. The first-order valence-corrected chi connectivity index (χ1v) is 6.45. The zero-order valence-corrected chi connectivity index (χ0v) is 12.0. The summed E-state index contributed by atoms with van der Waals surface area (Å²) in [5.41, 5.74) is 0.308. The highest BCUT2D eigenvalue weighted by Crippen LogP contribution is 2.21. The van der Waals surface area contributed by atoms with E-state index in [4.69, 9.17) is 9.47 Å². The standard InChI is InChI=1S/C13H28N2O2/c1-13(2,3)12-9-15(7-6-14-12)8-11(17-5)10-16-4/h11-12,14H,6-10H2,1-5H3. The van der Waals surface area contributed by atoms with Gasteiger partial charge in [-0.25, -0.2) is 0 Å². The molecule has 4 heteroatoms. The Morgan fingerprint density at radius 2 is 2.06 bits per heavy atom. The summed E-state index contributed by atoms with van der Waals surface area (Å²) in [4.78, 5) is 2.47. The van der Waals surface area contributed by atoms with Crippen LogP contribution in [0.2, 0.25) is 0 Å². The third-order valence-corrected chi connectivity index (χ3v) is 3.45. The number of hydrogen-bond donors (Lipinski definition) is 1. The normalized spacial score (nSPS) is 24.9. The van der Waals surface area contributed by atoms with Gasteiger partial charge >= 0.3 is 0 Å². The number of nitrogens with zero attached hydrogens (tertiary/aromatic N) is 1. The summed E-state index contributed by atoms with van der Waals surface area (Å²) in [7, 11) is 3.48. The van der Waals surface area contributed by atoms with Crippen LogP contribution in [0.4, 0.5) is 0 Å². The molecule has 1 saturated heterocycles. The predicted molar refractivity (Wildman–Crippen MR) is 70.4 cm³/mol. The Morgan fingerprint density at radius 1 is 1.35 bits per heavy atom. The van der Waals surface area contributed by atoms with Crippen molar-refractivity contribution in [3.63, 3.8) is 0 Å². The third-order valence-electron chi connectivity index (χ3n) is 3.45. The Balaban J connectivity index is 2.43. The summed E-state index contributed by atoms with van der Waals surface area (Å²) >= 11 is 0. The Kier molecular flexibility index (Phi) is 5.86. The van der Waals surface area contributed by atoms with Crippen LogP contribution >= 0.6 is 0 Å². The Labute approximate surface area is 106 Å². The summed E-state index contributed by atoms with van der Waals surface area (Å²) < 4.78 is 10.6. The maximum absolute atomic E-state index is 5.43. The molecule has 0 bridgehead atoms. The van der Waals surface area contributed by atoms with E-state index in [1.807, 2.05) is 0 Å². The molecule has 0 aliphatic carbocycles. The van der Waals surface area contributed by atoms with Crippen molar-refractivity contribution in [1.29, 1.82) is 0 Å². The molecule has 102 valence electrons. The van der Waals surface area contributed by atoms with Crippen molar-refractivity contribution < 1.29 is 9.47 Å². The number of methoxy groups -OCH3 is 2. The van der Waals surface area contributed by atoms with Gasteiger partial charge in [0, 0.05) is 46.4 Å². The third kappa shape index (κ3) is 4.92. The molecule has 2 atom stereocenters. The molecule has 0 amide bonds. The average molecular weight is 244 g/mol. The van der Waals surface area contributed by atoms with Crippen molar-refractivity contribution >= 4 is 0 Å². The van der Waals surface area contributed by atoms with E-state index in [0.29, 0.717) is 18.1 Å². The van der Waals surface area contributed by atoms with Gasteiger partial charge in [0.05, 0.1) is 12.7 Å². The summed E-state index contributed by atoms with van der Waals surface area (Å²) in [5.74, 6) is 0. The molecule has 0 saturated carbocycles. The fraction of sp³-hybridized carbons (Fsp3) is 1.00. The van der Waals surface area contributed by atoms with E-state index in [2.05, 4.69) is 31.0 Å².